The summed E-state index contributed by atoms with van der Waals surface area (Å²) in [6.07, 6.45) is 0.957. The summed E-state index contributed by atoms with van der Waals surface area (Å²) >= 11 is 0. The molecule has 0 saturated carbocycles. The predicted molar refractivity (Wildman–Crippen MR) is 59.4 cm³/mol. The molecule has 0 aliphatic carbocycles. The first-order chi connectivity index (χ1) is 7.06. The molecule has 1 rings (SSSR count). The van der Waals surface area contributed by atoms with E-state index in [1.165, 1.54) is 6.07 Å². The quantitative estimate of drug-likeness (QED) is 0.830. The molecule has 2 N–H and O–H groups in total. The van der Waals surface area contributed by atoms with Crippen LogP contribution < -0.4 is 10.5 Å². The van der Waals surface area contributed by atoms with Crippen LogP contribution in [-0.4, -0.2) is 6.10 Å². The number of hydrogen-bond donors (Lipinski definition) is 1. The third-order valence-corrected chi connectivity index (χ3v) is 2.37. The topological polar surface area (TPSA) is 35.2 Å². The molecule has 0 fully saturated rings. The fourth-order valence-electron chi connectivity index (χ4n) is 1.36. The molecular weight excluding hydrogens is 193 g/mol. The highest BCUT2D eigenvalue weighted by Gasteiger charge is 2.14. The van der Waals surface area contributed by atoms with Crippen molar-refractivity contribution in [1.82, 2.24) is 0 Å². The van der Waals surface area contributed by atoms with Crippen LogP contribution in [-0.2, 0) is 0 Å². The van der Waals surface area contributed by atoms with E-state index in [-0.39, 0.29) is 18.0 Å². The Balaban J connectivity index is 3.00. The Bertz CT molecular complexity index is 325. The molecule has 1 aromatic rings. The number of nitrogens with two attached hydrogens (primary N) is 1. The Morgan fingerprint density at radius 1 is 1.40 bits per heavy atom. The first-order valence-corrected chi connectivity index (χ1v) is 5.26. The van der Waals surface area contributed by atoms with E-state index < -0.39 is 0 Å². The van der Waals surface area contributed by atoms with E-state index in [0.717, 1.165) is 6.42 Å². The summed E-state index contributed by atoms with van der Waals surface area (Å²) in [5, 5.41) is 0. The molecule has 0 spiro atoms. The van der Waals surface area contributed by atoms with E-state index in [9.17, 15) is 4.39 Å². The Hall–Kier alpha value is -1.09. The zero-order chi connectivity index (χ0) is 11.4. The number of hydrogen-bond acceptors (Lipinski definition) is 2. The third kappa shape index (κ3) is 2.93. The lowest BCUT2D eigenvalue weighted by Gasteiger charge is -2.18. The molecule has 0 aromatic heterocycles. The molecule has 1 unspecified atom stereocenters. The van der Waals surface area contributed by atoms with Crippen LogP contribution in [0.1, 0.15) is 38.8 Å². The van der Waals surface area contributed by atoms with Crippen molar-refractivity contribution in [2.75, 3.05) is 0 Å². The van der Waals surface area contributed by atoms with E-state index in [1.54, 1.807) is 19.1 Å². The standard InChI is InChI=1S/C12H18FNO/c1-4-8(2)15-11-7-5-6-10(13)12(11)9(3)14/h5-9H,4,14H2,1-3H3/t8?,9-/m0/s1. The number of rotatable bonds is 4. The largest absolute Gasteiger partial charge is 0.490 e. The molecule has 15 heavy (non-hydrogen) atoms. The summed E-state index contributed by atoms with van der Waals surface area (Å²) in [6, 6.07) is 4.44. The van der Waals surface area contributed by atoms with Crippen LogP contribution in [0, 0.1) is 5.82 Å². The van der Waals surface area contributed by atoms with Crippen LogP contribution in [0.25, 0.3) is 0 Å². The second-order valence-corrected chi connectivity index (χ2v) is 3.78. The van der Waals surface area contributed by atoms with Gasteiger partial charge in [0.05, 0.1) is 6.10 Å². The number of halogens is 1. The number of benzene rings is 1. The monoisotopic (exact) mass is 211 g/mol. The van der Waals surface area contributed by atoms with Crippen molar-refractivity contribution in [2.24, 2.45) is 5.73 Å². The van der Waals surface area contributed by atoms with Gasteiger partial charge in [-0.15, -0.1) is 0 Å². The number of ether oxygens (including phenoxy) is 1. The summed E-state index contributed by atoms with van der Waals surface area (Å²) in [6.45, 7) is 5.73. The van der Waals surface area contributed by atoms with Gasteiger partial charge in [0.25, 0.3) is 0 Å². The first kappa shape index (κ1) is 12.0. The predicted octanol–water partition coefficient (Wildman–Crippen LogP) is 3.02. The summed E-state index contributed by atoms with van der Waals surface area (Å²) in [7, 11) is 0. The molecule has 84 valence electrons. The molecule has 1 aromatic carbocycles. The Morgan fingerprint density at radius 3 is 2.60 bits per heavy atom. The van der Waals surface area contributed by atoms with Crippen molar-refractivity contribution in [3.63, 3.8) is 0 Å². The smallest absolute Gasteiger partial charge is 0.131 e. The molecule has 0 bridgehead atoms. The Morgan fingerprint density at radius 2 is 2.07 bits per heavy atom. The van der Waals surface area contributed by atoms with Gasteiger partial charge in [0.2, 0.25) is 0 Å². The minimum absolute atomic E-state index is 0.0734. The van der Waals surface area contributed by atoms with Crippen molar-refractivity contribution in [3.05, 3.63) is 29.6 Å². The average molecular weight is 211 g/mol. The second-order valence-electron chi connectivity index (χ2n) is 3.78. The summed E-state index contributed by atoms with van der Waals surface area (Å²) in [5.74, 6) is 0.255. The molecule has 0 heterocycles. The van der Waals surface area contributed by atoms with E-state index in [2.05, 4.69) is 0 Å². The maximum atomic E-state index is 13.5. The van der Waals surface area contributed by atoms with Crippen molar-refractivity contribution in [1.29, 1.82) is 0 Å². The minimum atomic E-state index is -0.356. The van der Waals surface area contributed by atoms with E-state index in [4.69, 9.17) is 10.5 Å². The zero-order valence-corrected chi connectivity index (χ0v) is 9.46. The van der Waals surface area contributed by atoms with Gasteiger partial charge in [-0.25, -0.2) is 4.39 Å². The van der Waals surface area contributed by atoms with Crippen LogP contribution in [0.2, 0.25) is 0 Å². The highest BCUT2D eigenvalue weighted by molar-refractivity contribution is 5.36. The molecule has 0 radical (unpaired) electrons. The Kier molecular flexibility index (Phi) is 4.09. The molecule has 2 nitrogen and oxygen atoms in total. The van der Waals surface area contributed by atoms with E-state index in [0.29, 0.717) is 11.3 Å². The fraction of sp³-hybridized carbons (Fsp3) is 0.500. The average Bonchev–Trinajstić information content (AvgIpc) is 2.17. The maximum absolute atomic E-state index is 13.5. The third-order valence-electron chi connectivity index (χ3n) is 2.37. The minimum Gasteiger partial charge on any atom is -0.490 e. The van der Waals surface area contributed by atoms with E-state index in [1.807, 2.05) is 13.8 Å². The second kappa shape index (κ2) is 5.12. The van der Waals surface area contributed by atoms with Gasteiger partial charge >= 0.3 is 0 Å². The SMILES string of the molecule is CCC(C)Oc1cccc(F)c1[C@H](C)N. The molecule has 2 atom stereocenters. The first-order valence-electron chi connectivity index (χ1n) is 5.26. The van der Waals surface area contributed by atoms with Gasteiger partial charge in [0, 0.05) is 11.6 Å². The highest BCUT2D eigenvalue weighted by atomic mass is 19.1. The lowest BCUT2D eigenvalue weighted by molar-refractivity contribution is 0.213. The van der Waals surface area contributed by atoms with Crippen LogP contribution in [0.3, 0.4) is 0 Å². The summed E-state index contributed by atoms with van der Waals surface area (Å²) in [4.78, 5) is 0. The molecule has 0 saturated heterocycles. The molecule has 0 aliphatic heterocycles. The van der Waals surface area contributed by atoms with Gasteiger partial charge in [0.15, 0.2) is 0 Å². The van der Waals surface area contributed by atoms with Crippen molar-refractivity contribution >= 4 is 0 Å². The molecular formula is C12H18FNO. The Labute approximate surface area is 90.2 Å². The van der Waals surface area contributed by atoms with Crippen molar-refractivity contribution in [2.45, 2.75) is 39.3 Å². The van der Waals surface area contributed by atoms with Crippen molar-refractivity contribution in [3.8, 4) is 5.75 Å². The summed E-state index contributed by atoms with van der Waals surface area (Å²) in [5.41, 5.74) is 6.17. The highest BCUT2D eigenvalue weighted by Crippen LogP contribution is 2.27. The van der Waals surface area contributed by atoms with Crippen LogP contribution in [0.15, 0.2) is 18.2 Å². The normalized spacial score (nSPS) is 14.7. The zero-order valence-electron chi connectivity index (χ0n) is 9.46. The van der Waals surface area contributed by atoms with Crippen LogP contribution in [0.4, 0.5) is 4.39 Å². The molecule has 0 aliphatic rings. The molecule has 3 heteroatoms. The van der Waals surface area contributed by atoms with Gasteiger partial charge in [-0.1, -0.05) is 13.0 Å². The molecule has 0 amide bonds. The van der Waals surface area contributed by atoms with Gasteiger partial charge in [-0.05, 0) is 32.4 Å². The summed E-state index contributed by atoms with van der Waals surface area (Å²) < 4.78 is 19.1. The van der Waals surface area contributed by atoms with Crippen molar-refractivity contribution < 1.29 is 9.13 Å². The van der Waals surface area contributed by atoms with Gasteiger partial charge < -0.3 is 10.5 Å². The fourth-order valence-corrected chi connectivity index (χ4v) is 1.36. The van der Waals surface area contributed by atoms with Gasteiger partial charge in [-0.2, -0.15) is 0 Å². The lowest BCUT2D eigenvalue weighted by Crippen LogP contribution is -2.15. The van der Waals surface area contributed by atoms with Crippen LogP contribution >= 0.6 is 0 Å². The van der Waals surface area contributed by atoms with E-state index >= 15 is 0 Å². The van der Waals surface area contributed by atoms with Gasteiger partial charge in [-0.3, -0.25) is 0 Å². The van der Waals surface area contributed by atoms with Gasteiger partial charge in [0.1, 0.15) is 11.6 Å². The van der Waals surface area contributed by atoms with Crippen LogP contribution in [0.5, 0.6) is 5.75 Å². The maximum Gasteiger partial charge on any atom is 0.131 e. The lowest BCUT2D eigenvalue weighted by atomic mass is 10.1.